The van der Waals surface area contributed by atoms with Crippen molar-refractivity contribution in [3.05, 3.63) is 11.8 Å². The monoisotopic (exact) mass is 242 g/mol. The van der Waals surface area contributed by atoms with E-state index < -0.39 is 0 Å². The van der Waals surface area contributed by atoms with Crippen LogP contribution in [-0.2, 0) is 16.6 Å². The third-order valence-corrected chi connectivity index (χ3v) is 3.12. The van der Waals surface area contributed by atoms with Crippen LogP contribution in [0.15, 0.2) is 11.1 Å². The van der Waals surface area contributed by atoms with E-state index in [9.17, 15) is 4.79 Å². The first kappa shape index (κ1) is 13.1. The van der Waals surface area contributed by atoms with Gasteiger partial charge in [-0.25, -0.2) is 0 Å². The highest BCUT2D eigenvalue weighted by Crippen LogP contribution is 2.18. The van der Waals surface area contributed by atoms with E-state index in [1.54, 1.807) is 4.68 Å². The Morgan fingerprint density at radius 1 is 1.62 bits per heavy atom. The van der Waals surface area contributed by atoms with Crippen molar-refractivity contribution in [2.24, 2.45) is 7.05 Å². The summed E-state index contributed by atoms with van der Waals surface area (Å²) < 4.78 is 6.84. The molecule has 1 rings (SSSR count). The number of rotatable bonds is 6. The number of ether oxygens (including phenoxy) is 1. The molecule has 0 bridgehead atoms. The average Bonchev–Trinajstić information content (AvgIpc) is 2.55. The fraction of sp³-hybridized carbons (Fsp3) is 0.636. The first-order valence-electron chi connectivity index (χ1n) is 5.42. The number of aryl methyl sites for hydroxylation is 2. The molecule has 0 spiro atoms. The fourth-order valence-electron chi connectivity index (χ4n) is 1.23. The summed E-state index contributed by atoms with van der Waals surface area (Å²) >= 11 is 1.46. The second-order valence-electron chi connectivity index (χ2n) is 3.61. The number of aromatic nitrogens is 2. The molecule has 1 heterocycles. The first-order valence-corrected chi connectivity index (χ1v) is 6.41. The Labute approximate surface area is 100 Å². The number of hydrogen-bond acceptors (Lipinski definition) is 4. The molecule has 90 valence electrons. The highest BCUT2D eigenvalue weighted by molar-refractivity contribution is 7.99. The van der Waals surface area contributed by atoms with Gasteiger partial charge in [0.1, 0.15) is 0 Å². The van der Waals surface area contributed by atoms with Crippen LogP contribution in [0, 0.1) is 6.92 Å². The minimum atomic E-state index is -0.155. The molecule has 0 N–H and O–H groups in total. The predicted octanol–water partition coefficient (Wildman–Crippen LogP) is 2.16. The lowest BCUT2D eigenvalue weighted by Crippen LogP contribution is -2.08. The van der Waals surface area contributed by atoms with Gasteiger partial charge in [-0.15, -0.1) is 0 Å². The summed E-state index contributed by atoms with van der Waals surface area (Å²) in [5.41, 5.74) is 0.962. The van der Waals surface area contributed by atoms with Gasteiger partial charge >= 0.3 is 5.97 Å². The highest BCUT2D eigenvalue weighted by atomic mass is 32.2. The molecule has 0 atom stereocenters. The van der Waals surface area contributed by atoms with Gasteiger partial charge in [-0.2, -0.15) is 5.10 Å². The Balaban J connectivity index is 2.29. The van der Waals surface area contributed by atoms with Crippen LogP contribution < -0.4 is 0 Å². The third kappa shape index (κ3) is 4.26. The standard InChI is InChI=1S/C11H18N2O2S/c1-4-5-6-15-11(14)8-16-10-7-9(2)12-13(10)3/h7H,4-6,8H2,1-3H3. The summed E-state index contributed by atoms with van der Waals surface area (Å²) in [6.45, 7) is 4.53. The second kappa shape index (κ2) is 6.58. The highest BCUT2D eigenvalue weighted by Gasteiger charge is 2.07. The van der Waals surface area contributed by atoms with Crippen molar-refractivity contribution in [1.29, 1.82) is 0 Å². The van der Waals surface area contributed by atoms with Crippen molar-refractivity contribution < 1.29 is 9.53 Å². The Hall–Kier alpha value is -0.970. The van der Waals surface area contributed by atoms with E-state index in [1.807, 2.05) is 20.0 Å². The SMILES string of the molecule is CCCCOC(=O)CSc1cc(C)nn1C. The van der Waals surface area contributed by atoms with Crippen LogP contribution >= 0.6 is 11.8 Å². The van der Waals surface area contributed by atoms with Gasteiger partial charge in [0.05, 0.1) is 23.1 Å². The molecule has 1 aromatic rings. The second-order valence-corrected chi connectivity index (χ2v) is 4.61. The van der Waals surface area contributed by atoms with Crippen molar-refractivity contribution in [3.63, 3.8) is 0 Å². The molecule has 0 unspecified atom stereocenters. The van der Waals surface area contributed by atoms with Crippen molar-refractivity contribution in [3.8, 4) is 0 Å². The number of esters is 1. The Morgan fingerprint density at radius 3 is 2.94 bits per heavy atom. The largest absolute Gasteiger partial charge is 0.465 e. The van der Waals surface area contributed by atoms with Crippen molar-refractivity contribution in [2.75, 3.05) is 12.4 Å². The van der Waals surface area contributed by atoms with E-state index >= 15 is 0 Å². The van der Waals surface area contributed by atoms with Crippen LogP contribution in [0.25, 0.3) is 0 Å². The smallest absolute Gasteiger partial charge is 0.316 e. The lowest BCUT2D eigenvalue weighted by Gasteiger charge is -2.03. The number of carbonyl (C=O) groups excluding carboxylic acids is 1. The molecule has 0 saturated carbocycles. The summed E-state index contributed by atoms with van der Waals surface area (Å²) in [6.07, 6.45) is 1.97. The average molecular weight is 242 g/mol. The van der Waals surface area contributed by atoms with Crippen LogP contribution in [0.4, 0.5) is 0 Å². The van der Waals surface area contributed by atoms with Crippen LogP contribution in [-0.4, -0.2) is 28.1 Å². The van der Waals surface area contributed by atoms with Gasteiger partial charge in [0.25, 0.3) is 0 Å². The first-order chi connectivity index (χ1) is 7.63. The molecule has 0 aromatic carbocycles. The molecule has 1 aromatic heterocycles. The maximum atomic E-state index is 11.3. The molecule has 0 radical (unpaired) electrons. The van der Waals surface area contributed by atoms with Gasteiger partial charge in [-0.05, 0) is 19.4 Å². The Kier molecular flexibility index (Phi) is 5.38. The van der Waals surface area contributed by atoms with Crippen molar-refractivity contribution >= 4 is 17.7 Å². The Bertz CT molecular complexity index is 350. The molecule has 5 heteroatoms. The number of hydrogen-bond donors (Lipinski definition) is 0. The summed E-state index contributed by atoms with van der Waals surface area (Å²) in [5.74, 6) is 0.195. The summed E-state index contributed by atoms with van der Waals surface area (Å²) in [5, 5.41) is 5.20. The van der Waals surface area contributed by atoms with E-state index in [-0.39, 0.29) is 5.97 Å². The molecule has 4 nitrogen and oxygen atoms in total. The van der Waals surface area contributed by atoms with Crippen LogP contribution in [0.2, 0.25) is 0 Å². The molecule has 0 amide bonds. The van der Waals surface area contributed by atoms with E-state index in [2.05, 4.69) is 12.0 Å². The third-order valence-electron chi connectivity index (χ3n) is 2.06. The quantitative estimate of drug-likeness (QED) is 0.435. The number of thioether (sulfide) groups is 1. The molecule has 16 heavy (non-hydrogen) atoms. The van der Waals surface area contributed by atoms with Crippen molar-refractivity contribution in [1.82, 2.24) is 9.78 Å². The zero-order valence-electron chi connectivity index (χ0n) is 10.0. The van der Waals surface area contributed by atoms with Crippen LogP contribution in [0.5, 0.6) is 0 Å². The lowest BCUT2D eigenvalue weighted by atomic mass is 10.4. The van der Waals surface area contributed by atoms with Gasteiger partial charge in [0, 0.05) is 7.05 Å². The predicted molar refractivity (Wildman–Crippen MR) is 64.5 cm³/mol. The molecule has 0 aliphatic heterocycles. The number of carbonyl (C=O) groups is 1. The maximum absolute atomic E-state index is 11.3. The molecular weight excluding hydrogens is 224 g/mol. The normalized spacial score (nSPS) is 10.4. The molecule has 0 fully saturated rings. The van der Waals surface area contributed by atoms with Crippen LogP contribution in [0.1, 0.15) is 25.5 Å². The molecule has 0 aliphatic carbocycles. The van der Waals surface area contributed by atoms with E-state index in [4.69, 9.17) is 4.74 Å². The van der Waals surface area contributed by atoms with E-state index in [0.29, 0.717) is 12.4 Å². The summed E-state index contributed by atoms with van der Waals surface area (Å²) in [7, 11) is 1.87. The van der Waals surface area contributed by atoms with Crippen LogP contribution in [0.3, 0.4) is 0 Å². The van der Waals surface area contributed by atoms with Gasteiger partial charge < -0.3 is 4.74 Å². The summed E-state index contributed by atoms with van der Waals surface area (Å²) in [6, 6.07) is 1.96. The van der Waals surface area contributed by atoms with Gasteiger partial charge in [-0.1, -0.05) is 25.1 Å². The minimum Gasteiger partial charge on any atom is -0.465 e. The van der Waals surface area contributed by atoms with Gasteiger partial charge in [0.2, 0.25) is 0 Å². The van der Waals surface area contributed by atoms with Gasteiger partial charge in [-0.3, -0.25) is 9.48 Å². The Morgan fingerprint density at radius 2 is 2.38 bits per heavy atom. The molecular formula is C11H18N2O2S. The topological polar surface area (TPSA) is 44.1 Å². The summed E-state index contributed by atoms with van der Waals surface area (Å²) in [4.78, 5) is 11.3. The molecule has 0 saturated heterocycles. The minimum absolute atomic E-state index is 0.155. The number of unbranched alkanes of at least 4 members (excludes halogenated alkanes) is 1. The van der Waals surface area contributed by atoms with Gasteiger partial charge in [0.15, 0.2) is 0 Å². The van der Waals surface area contributed by atoms with Crippen molar-refractivity contribution in [2.45, 2.75) is 31.7 Å². The van der Waals surface area contributed by atoms with E-state index in [1.165, 1.54) is 11.8 Å². The lowest BCUT2D eigenvalue weighted by molar-refractivity contribution is -0.140. The fourth-order valence-corrected chi connectivity index (χ4v) is 2.06. The zero-order valence-corrected chi connectivity index (χ0v) is 10.8. The number of nitrogens with zero attached hydrogens (tertiary/aromatic N) is 2. The zero-order chi connectivity index (χ0) is 12.0. The van der Waals surface area contributed by atoms with E-state index in [0.717, 1.165) is 23.6 Å². The maximum Gasteiger partial charge on any atom is 0.316 e. The molecule has 0 aliphatic rings.